The topological polar surface area (TPSA) is 68.9 Å². The van der Waals surface area contributed by atoms with Crippen molar-refractivity contribution in [1.29, 1.82) is 0 Å². The Morgan fingerprint density at radius 3 is 2.52 bits per heavy atom. The van der Waals surface area contributed by atoms with Crippen LogP contribution in [0.15, 0.2) is 83.9 Å². The number of nitrogens with two attached hydrogens (primary N) is 1. The maximum Gasteiger partial charge on any atom is 0.189 e. The summed E-state index contributed by atoms with van der Waals surface area (Å²) in [5, 5.41) is 3.34. The number of para-hydroxylation sites is 1. The first-order valence-corrected chi connectivity index (χ1v) is 10.3. The van der Waals surface area contributed by atoms with Crippen molar-refractivity contribution in [3.8, 4) is 5.75 Å². The Kier molecular flexibility index (Phi) is 8.73. The van der Waals surface area contributed by atoms with Gasteiger partial charge in [-0.05, 0) is 22.8 Å². The van der Waals surface area contributed by atoms with Crippen LogP contribution < -0.4 is 15.8 Å². The summed E-state index contributed by atoms with van der Waals surface area (Å²) < 4.78 is 11.5. The van der Waals surface area contributed by atoms with Crippen molar-refractivity contribution in [3.05, 3.63) is 101 Å². The third-order valence-electron chi connectivity index (χ3n) is 5.08. The molecule has 0 saturated carbocycles. The van der Waals surface area contributed by atoms with Crippen LogP contribution in [-0.4, -0.2) is 12.6 Å². The van der Waals surface area contributed by atoms with E-state index >= 15 is 0 Å². The van der Waals surface area contributed by atoms with Gasteiger partial charge in [0.25, 0.3) is 0 Å². The van der Waals surface area contributed by atoms with E-state index in [0.29, 0.717) is 32.3 Å². The first-order chi connectivity index (χ1) is 14.8. The Hall–Kier alpha value is -2.58. The van der Waals surface area contributed by atoms with E-state index in [1.165, 1.54) is 5.56 Å². The van der Waals surface area contributed by atoms with Crippen LogP contribution in [0.4, 0.5) is 0 Å². The van der Waals surface area contributed by atoms with Crippen LogP contribution in [0.3, 0.4) is 0 Å². The molecule has 0 aliphatic carbocycles. The fourth-order valence-electron chi connectivity index (χ4n) is 3.57. The molecular weight excluding hydrogens is 501 g/mol. The number of nitrogens with zero attached hydrogens (tertiary/aromatic N) is 1. The van der Waals surface area contributed by atoms with Crippen LogP contribution in [0.2, 0.25) is 0 Å². The highest BCUT2D eigenvalue weighted by Gasteiger charge is 2.21. The van der Waals surface area contributed by atoms with Crippen molar-refractivity contribution < 1.29 is 9.47 Å². The summed E-state index contributed by atoms with van der Waals surface area (Å²) in [4.78, 5) is 4.53. The molecule has 3 N–H and O–H groups in total. The van der Waals surface area contributed by atoms with Crippen molar-refractivity contribution in [1.82, 2.24) is 5.32 Å². The Bertz CT molecular complexity index is 995. The molecule has 6 heteroatoms. The average Bonchev–Trinajstić information content (AvgIpc) is 2.79. The molecule has 3 aromatic carbocycles. The van der Waals surface area contributed by atoms with E-state index in [2.05, 4.69) is 46.7 Å². The van der Waals surface area contributed by atoms with Gasteiger partial charge in [-0.25, -0.2) is 4.99 Å². The molecule has 1 heterocycles. The number of hydrogen-bond donors (Lipinski definition) is 2. The van der Waals surface area contributed by atoms with E-state index in [4.69, 9.17) is 15.2 Å². The van der Waals surface area contributed by atoms with Gasteiger partial charge in [0.1, 0.15) is 5.75 Å². The standard InChI is InChI=1S/C25H27N3O2.HI/c26-25(28-23-13-14-30-24-12-5-4-11-22(23)24)27-16-20-9-6-10-21(15-20)18-29-17-19-7-2-1-3-8-19;/h1-12,15,23H,13-14,16-18H2,(H3,26,27,28);1H. The predicted molar refractivity (Wildman–Crippen MR) is 135 cm³/mol. The van der Waals surface area contributed by atoms with Crippen molar-refractivity contribution in [2.75, 3.05) is 6.61 Å². The van der Waals surface area contributed by atoms with Gasteiger partial charge >= 0.3 is 0 Å². The molecule has 162 valence electrons. The first kappa shape index (κ1) is 23.1. The van der Waals surface area contributed by atoms with Gasteiger partial charge in [0.2, 0.25) is 0 Å². The fraction of sp³-hybridized carbons (Fsp3) is 0.240. The zero-order valence-electron chi connectivity index (χ0n) is 17.4. The molecule has 0 saturated heterocycles. The van der Waals surface area contributed by atoms with Crippen LogP contribution in [0.5, 0.6) is 5.75 Å². The SMILES string of the molecule is I.NC(=NCc1cccc(COCc2ccccc2)c1)NC1CCOc2ccccc21. The van der Waals surface area contributed by atoms with E-state index in [9.17, 15) is 0 Å². The summed E-state index contributed by atoms with van der Waals surface area (Å²) in [5.74, 6) is 1.36. The van der Waals surface area contributed by atoms with Crippen LogP contribution in [0, 0.1) is 0 Å². The Labute approximate surface area is 200 Å². The largest absolute Gasteiger partial charge is 0.493 e. The van der Waals surface area contributed by atoms with Crippen LogP contribution in [0.25, 0.3) is 0 Å². The van der Waals surface area contributed by atoms with Gasteiger partial charge in [-0.2, -0.15) is 0 Å². The highest BCUT2D eigenvalue weighted by atomic mass is 127. The number of rotatable bonds is 7. The molecule has 3 aromatic rings. The smallest absolute Gasteiger partial charge is 0.189 e. The summed E-state index contributed by atoms with van der Waals surface area (Å²) in [5.41, 5.74) is 10.7. The lowest BCUT2D eigenvalue weighted by Crippen LogP contribution is -2.37. The molecule has 0 aromatic heterocycles. The zero-order chi connectivity index (χ0) is 20.6. The third-order valence-corrected chi connectivity index (χ3v) is 5.08. The number of ether oxygens (including phenoxy) is 2. The van der Waals surface area contributed by atoms with E-state index in [0.717, 1.165) is 28.9 Å². The highest BCUT2D eigenvalue weighted by molar-refractivity contribution is 14.0. The van der Waals surface area contributed by atoms with Crippen molar-refractivity contribution in [2.24, 2.45) is 10.7 Å². The molecule has 4 rings (SSSR count). The lowest BCUT2D eigenvalue weighted by Gasteiger charge is -2.26. The molecular formula is C25H28IN3O2. The first-order valence-electron chi connectivity index (χ1n) is 10.3. The minimum Gasteiger partial charge on any atom is -0.493 e. The summed E-state index contributed by atoms with van der Waals surface area (Å²) in [6.07, 6.45) is 0.863. The summed E-state index contributed by atoms with van der Waals surface area (Å²) in [6, 6.07) is 26.6. The average molecular weight is 529 g/mol. The van der Waals surface area contributed by atoms with Crippen molar-refractivity contribution in [3.63, 3.8) is 0 Å². The van der Waals surface area contributed by atoms with Crippen molar-refractivity contribution >= 4 is 29.9 Å². The number of fused-ring (bicyclic) bond motifs is 1. The number of benzene rings is 3. The molecule has 31 heavy (non-hydrogen) atoms. The molecule has 5 nitrogen and oxygen atoms in total. The van der Waals surface area contributed by atoms with E-state index < -0.39 is 0 Å². The second-order valence-corrected chi connectivity index (χ2v) is 7.37. The minimum atomic E-state index is 0. The Morgan fingerprint density at radius 1 is 0.935 bits per heavy atom. The molecule has 1 unspecified atom stereocenters. The normalized spacial score (nSPS) is 15.4. The molecule has 1 aliphatic heterocycles. The summed E-state index contributed by atoms with van der Waals surface area (Å²) >= 11 is 0. The number of guanidine groups is 1. The Balaban J connectivity index is 0.00000272. The van der Waals surface area contributed by atoms with Gasteiger partial charge in [0.05, 0.1) is 32.4 Å². The second-order valence-electron chi connectivity index (χ2n) is 7.37. The van der Waals surface area contributed by atoms with E-state index in [-0.39, 0.29) is 30.0 Å². The number of halogens is 1. The molecule has 0 fully saturated rings. The van der Waals surface area contributed by atoms with Gasteiger partial charge < -0.3 is 20.5 Å². The van der Waals surface area contributed by atoms with Gasteiger partial charge in [-0.15, -0.1) is 24.0 Å². The van der Waals surface area contributed by atoms with Gasteiger partial charge in [0.15, 0.2) is 5.96 Å². The molecule has 1 aliphatic rings. The fourth-order valence-corrected chi connectivity index (χ4v) is 3.57. The summed E-state index contributed by atoms with van der Waals surface area (Å²) in [7, 11) is 0. The van der Waals surface area contributed by atoms with Crippen LogP contribution >= 0.6 is 24.0 Å². The second kappa shape index (κ2) is 11.7. The maximum atomic E-state index is 6.17. The van der Waals surface area contributed by atoms with Gasteiger partial charge in [0, 0.05) is 12.0 Å². The van der Waals surface area contributed by atoms with Crippen LogP contribution in [0.1, 0.15) is 34.7 Å². The van der Waals surface area contributed by atoms with E-state index in [1.54, 1.807) is 0 Å². The monoisotopic (exact) mass is 529 g/mol. The number of hydrogen-bond acceptors (Lipinski definition) is 3. The maximum absolute atomic E-state index is 6.17. The zero-order valence-corrected chi connectivity index (χ0v) is 19.7. The summed E-state index contributed by atoms with van der Waals surface area (Å²) in [6.45, 7) is 2.37. The van der Waals surface area contributed by atoms with Gasteiger partial charge in [-0.3, -0.25) is 0 Å². The Morgan fingerprint density at radius 2 is 1.65 bits per heavy atom. The number of aliphatic imine (C=N–C) groups is 1. The quantitative estimate of drug-likeness (QED) is 0.258. The molecule has 0 spiro atoms. The minimum absolute atomic E-state index is 0. The molecule has 0 amide bonds. The van der Waals surface area contributed by atoms with E-state index in [1.807, 2.05) is 42.5 Å². The lowest BCUT2D eigenvalue weighted by atomic mass is 10.0. The predicted octanol–water partition coefficient (Wildman–Crippen LogP) is 4.95. The third kappa shape index (κ3) is 6.70. The molecule has 0 radical (unpaired) electrons. The van der Waals surface area contributed by atoms with Gasteiger partial charge in [-0.1, -0.05) is 72.8 Å². The highest BCUT2D eigenvalue weighted by Crippen LogP contribution is 2.31. The molecule has 1 atom stereocenters. The van der Waals surface area contributed by atoms with Crippen LogP contribution in [-0.2, 0) is 24.5 Å². The number of nitrogens with one attached hydrogen (secondary N) is 1. The molecule has 0 bridgehead atoms. The van der Waals surface area contributed by atoms with Crippen molar-refractivity contribution in [2.45, 2.75) is 32.2 Å². The lowest BCUT2D eigenvalue weighted by molar-refractivity contribution is 0.107.